The molecule has 4 rings (SSSR count). The van der Waals surface area contributed by atoms with Crippen LogP contribution in [-0.2, 0) is 26.4 Å². The minimum absolute atomic E-state index is 0. The van der Waals surface area contributed by atoms with Crippen molar-refractivity contribution in [1.29, 1.82) is 0 Å². The molecular formula is C24H26CoN9O8S2-. The minimum atomic E-state index is -0.578. The first-order valence-corrected chi connectivity index (χ1v) is 13.4. The number of rotatable bonds is 4. The minimum Gasteiger partial charge on any atom is -0.506 e. The first-order chi connectivity index (χ1) is 19.9. The average Bonchev–Trinajstić information content (AvgIpc) is 3.52. The van der Waals surface area contributed by atoms with Gasteiger partial charge in [0, 0.05) is 50.9 Å². The van der Waals surface area contributed by atoms with E-state index >= 15 is 0 Å². The van der Waals surface area contributed by atoms with E-state index in [1.807, 2.05) is 0 Å². The van der Waals surface area contributed by atoms with Crippen LogP contribution < -0.4 is 19.6 Å². The van der Waals surface area contributed by atoms with Crippen molar-refractivity contribution >= 4 is 55.7 Å². The van der Waals surface area contributed by atoms with Crippen LogP contribution in [0.1, 0.15) is 13.8 Å². The van der Waals surface area contributed by atoms with Gasteiger partial charge < -0.3 is 34.9 Å². The van der Waals surface area contributed by atoms with Crippen molar-refractivity contribution in [1.82, 2.24) is 9.97 Å². The van der Waals surface area contributed by atoms with Gasteiger partial charge in [-0.25, -0.2) is 0 Å². The van der Waals surface area contributed by atoms with Crippen LogP contribution in [0.2, 0.25) is 0 Å². The van der Waals surface area contributed by atoms with Gasteiger partial charge in [0.2, 0.25) is 0 Å². The summed E-state index contributed by atoms with van der Waals surface area (Å²) in [7, 11) is 8.50. The number of allylic oxidation sites excluding steroid dienone is 6. The summed E-state index contributed by atoms with van der Waals surface area (Å²) < 4.78 is 1.00. The van der Waals surface area contributed by atoms with Crippen molar-refractivity contribution in [3.63, 3.8) is 0 Å². The Labute approximate surface area is 267 Å². The molecule has 0 saturated carbocycles. The molecule has 0 spiro atoms. The van der Waals surface area contributed by atoms with Gasteiger partial charge in [0.1, 0.15) is 22.9 Å². The van der Waals surface area contributed by atoms with E-state index in [1.165, 1.54) is 12.2 Å². The van der Waals surface area contributed by atoms with E-state index in [-0.39, 0.29) is 70.9 Å². The van der Waals surface area contributed by atoms with E-state index in [2.05, 4.69) is 58.6 Å². The fourth-order valence-electron chi connectivity index (χ4n) is 2.68. The number of carbonyl (C=O) groups is 2. The molecule has 2 aliphatic carbocycles. The summed E-state index contributed by atoms with van der Waals surface area (Å²) in [5.74, 6) is -1.25. The maximum Gasteiger partial charge on any atom is 0.319 e. The molecule has 0 saturated heterocycles. The summed E-state index contributed by atoms with van der Waals surface area (Å²) in [6.45, 7) is 3.19. The summed E-state index contributed by atoms with van der Waals surface area (Å²) in [5, 5.41) is 54.7. The van der Waals surface area contributed by atoms with Crippen LogP contribution >= 0.6 is 22.7 Å². The van der Waals surface area contributed by atoms with Crippen LogP contribution in [-0.4, -0.2) is 75.7 Å². The zero-order chi connectivity index (χ0) is 32.5. The van der Waals surface area contributed by atoms with Crippen molar-refractivity contribution in [2.75, 3.05) is 28.2 Å². The topological polar surface area (TPSA) is 239 Å². The molecule has 2 heterocycles. The van der Waals surface area contributed by atoms with Crippen molar-refractivity contribution in [3.8, 4) is 0 Å². The molecule has 2 aromatic heterocycles. The zero-order valence-electron chi connectivity index (χ0n) is 24.0. The number of aliphatic hydroxyl groups excluding tert-OH is 2. The zero-order valence-corrected chi connectivity index (χ0v) is 26.7. The number of quaternary nitrogens is 1. The number of nitrogens with zero attached hydrogens (tertiary/aromatic N) is 9. The summed E-state index contributed by atoms with van der Waals surface area (Å²) >= 11 is 1.52. The van der Waals surface area contributed by atoms with E-state index in [1.54, 1.807) is 13.8 Å². The number of aliphatic hydroxyl groups is 2. The maximum atomic E-state index is 11.1. The Morgan fingerprint density at radius 3 is 1.27 bits per heavy atom. The fourth-order valence-corrected chi connectivity index (χ4v) is 3.79. The largest absolute Gasteiger partial charge is 0.506 e. The first-order valence-electron chi connectivity index (χ1n) is 11.8. The SMILES string of the molecule is CC1=CC(=O)C=C(O)/C1=N/N=c1\[n-]cc([N+](=O)[O-])s1.CC1=CC(=O)C=C(O)C1=N/N=c1\[n-]cc([N+](=O)[O-])s1.C[N+](C)(C)C.[Co]. The Kier molecular flexibility index (Phi) is 13.8. The molecule has 0 bridgehead atoms. The summed E-state index contributed by atoms with van der Waals surface area (Å²) in [6.07, 6.45) is 6.80. The van der Waals surface area contributed by atoms with E-state index in [4.69, 9.17) is 0 Å². The van der Waals surface area contributed by atoms with Crippen molar-refractivity contribution in [2.24, 2.45) is 20.4 Å². The van der Waals surface area contributed by atoms with Gasteiger partial charge in [0.15, 0.2) is 11.6 Å². The Hall–Kier alpha value is -4.63. The van der Waals surface area contributed by atoms with Gasteiger partial charge in [-0.15, -0.1) is 0 Å². The standard InChI is InChI=1S/2C10H8N4O4S.C4H12N.Co/c2*1-5-2-6(15)3-7(16)9(5)12-13-10-11-4-8(19-10)14(17)18;1-5(2,3)4;/h2*2-4H,1H3,(H2,11,13,15,16);1-4H3;/q;;+1;/p-2. The maximum absolute atomic E-state index is 11.1. The normalized spacial score (nSPS) is 17.3. The summed E-state index contributed by atoms with van der Waals surface area (Å²) in [4.78, 5) is 49.6. The monoisotopic (exact) mass is 691 g/mol. The van der Waals surface area contributed by atoms with Gasteiger partial charge in [0.05, 0.1) is 38.0 Å². The predicted molar refractivity (Wildman–Crippen MR) is 157 cm³/mol. The van der Waals surface area contributed by atoms with Crippen LogP contribution in [0.15, 0.2) is 79.8 Å². The molecule has 0 atom stereocenters. The molecule has 0 amide bonds. The van der Waals surface area contributed by atoms with Gasteiger partial charge in [-0.1, -0.05) is 22.7 Å². The molecule has 2 aromatic rings. The number of hydrogen-bond acceptors (Lipinski definition) is 14. The van der Waals surface area contributed by atoms with Gasteiger partial charge in [-0.3, -0.25) is 40.0 Å². The Bertz CT molecular complexity index is 1590. The number of hydrogen-bond donors (Lipinski definition) is 2. The van der Waals surface area contributed by atoms with E-state index in [9.17, 15) is 40.0 Å². The molecule has 2 aliphatic rings. The number of carbonyl (C=O) groups excluding carboxylic acids is 2. The summed E-state index contributed by atoms with van der Waals surface area (Å²) in [6, 6.07) is 0. The van der Waals surface area contributed by atoms with Crippen LogP contribution in [0, 0.1) is 20.2 Å². The Morgan fingerprint density at radius 2 is 1.02 bits per heavy atom. The van der Waals surface area contributed by atoms with Crippen LogP contribution in [0.5, 0.6) is 0 Å². The summed E-state index contributed by atoms with van der Waals surface area (Å²) in [5.41, 5.74) is 1.19. The number of ketones is 2. The third kappa shape index (κ3) is 12.3. The molecule has 44 heavy (non-hydrogen) atoms. The third-order valence-corrected chi connectivity index (χ3v) is 5.97. The van der Waals surface area contributed by atoms with Crippen LogP contribution in [0.25, 0.3) is 0 Å². The van der Waals surface area contributed by atoms with E-state index in [0.717, 1.165) is 51.7 Å². The molecule has 0 aliphatic heterocycles. The second kappa shape index (κ2) is 16.3. The smallest absolute Gasteiger partial charge is 0.319 e. The predicted octanol–water partition coefficient (Wildman–Crippen LogP) is 2.00. The Morgan fingerprint density at radius 1 is 0.705 bits per heavy atom. The Balaban J connectivity index is 0.000000375. The van der Waals surface area contributed by atoms with Gasteiger partial charge in [-0.05, 0) is 37.1 Å². The molecule has 17 nitrogen and oxygen atoms in total. The molecule has 1 radical (unpaired) electrons. The third-order valence-electron chi connectivity index (χ3n) is 4.30. The average molecular weight is 692 g/mol. The van der Waals surface area contributed by atoms with Crippen molar-refractivity contribution in [2.45, 2.75) is 13.8 Å². The van der Waals surface area contributed by atoms with Crippen LogP contribution in [0.3, 0.4) is 0 Å². The molecule has 237 valence electrons. The van der Waals surface area contributed by atoms with Gasteiger partial charge >= 0.3 is 10.0 Å². The van der Waals surface area contributed by atoms with Gasteiger partial charge in [-0.2, -0.15) is 0 Å². The second-order valence-corrected chi connectivity index (χ2v) is 11.8. The van der Waals surface area contributed by atoms with Gasteiger partial charge in [0.25, 0.3) is 0 Å². The molecule has 0 aromatic carbocycles. The van der Waals surface area contributed by atoms with Crippen molar-refractivity contribution in [3.05, 3.63) is 89.2 Å². The second-order valence-electron chi connectivity index (χ2n) is 9.78. The molecule has 2 N–H and O–H groups in total. The number of aromatic nitrogens is 2. The van der Waals surface area contributed by atoms with Crippen molar-refractivity contribution < 1.29 is 50.9 Å². The van der Waals surface area contributed by atoms with E-state index < -0.39 is 9.85 Å². The number of thiazole rings is 2. The quantitative estimate of drug-likeness (QED) is 0.205. The fraction of sp³-hybridized carbons (Fsp3) is 0.250. The molecular weight excluding hydrogens is 665 g/mol. The first kappa shape index (κ1) is 37.4. The molecule has 0 unspecified atom stereocenters. The van der Waals surface area contributed by atoms with E-state index in [0.29, 0.717) is 11.1 Å². The molecule has 0 fully saturated rings. The van der Waals surface area contributed by atoms with Crippen LogP contribution in [0.4, 0.5) is 10.0 Å². The molecule has 20 heteroatoms. The number of nitro groups is 2.